The molecule has 28 heavy (non-hydrogen) atoms. The Morgan fingerprint density at radius 3 is 2.32 bits per heavy atom. The second-order valence-electron chi connectivity index (χ2n) is 7.40. The Balaban J connectivity index is 1.65. The van der Waals surface area contributed by atoms with E-state index in [1.807, 2.05) is 35.2 Å². The minimum Gasteiger partial charge on any atom is -0.378 e. The zero-order valence-electron chi connectivity index (χ0n) is 15.4. The Morgan fingerprint density at radius 2 is 1.71 bits per heavy atom. The smallest absolute Gasteiger partial charge is 0.378 e. The zero-order valence-corrected chi connectivity index (χ0v) is 15.4. The third-order valence-corrected chi connectivity index (χ3v) is 5.63. The van der Waals surface area contributed by atoms with Gasteiger partial charge in [-0.3, -0.25) is 0 Å². The predicted molar refractivity (Wildman–Crippen MR) is 101 cm³/mol. The Bertz CT molecular complexity index is 816. The Labute approximate surface area is 161 Å². The molecule has 4 nitrogen and oxygen atoms in total. The highest BCUT2D eigenvalue weighted by Gasteiger charge is 2.50. The first-order valence-electron chi connectivity index (χ1n) is 9.44. The minimum absolute atomic E-state index is 0.298. The van der Waals surface area contributed by atoms with Gasteiger partial charge in [-0.15, -0.1) is 0 Å². The molecule has 1 saturated carbocycles. The number of anilines is 2. The van der Waals surface area contributed by atoms with Crippen molar-refractivity contribution in [3.8, 4) is 0 Å². The second-order valence-corrected chi connectivity index (χ2v) is 7.40. The van der Waals surface area contributed by atoms with Crippen LogP contribution in [0.25, 0.3) is 0 Å². The van der Waals surface area contributed by atoms with Gasteiger partial charge in [0.1, 0.15) is 6.23 Å². The first kappa shape index (κ1) is 19.1. The molecule has 0 radical (unpaired) electrons. The highest BCUT2D eigenvalue weighted by molar-refractivity contribution is 5.72. The van der Waals surface area contributed by atoms with E-state index in [0.29, 0.717) is 37.7 Å². The molecule has 1 aliphatic carbocycles. The van der Waals surface area contributed by atoms with E-state index < -0.39 is 23.4 Å². The van der Waals surface area contributed by atoms with Crippen LogP contribution < -0.4 is 10.2 Å². The van der Waals surface area contributed by atoms with Gasteiger partial charge in [0.2, 0.25) is 0 Å². The summed E-state index contributed by atoms with van der Waals surface area (Å²) >= 11 is 0. The molecular weight excluding hydrogens is 369 g/mol. The van der Waals surface area contributed by atoms with E-state index in [-0.39, 0.29) is 0 Å². The fourth-order valence-corrected chi connectivity index (χ4v) is 3.82. The van der Waals surface area contributed by atoms with Crippen LogP contribution in [0.3, 0.4) is 0 Å². The number of benzene rings is 2. The standard InChI is InChI=1S/C21H23F3N2O2/c22-21(23,24)16-6-7-18(26-10-12-28-13-11-26)17(14-16)25-19(27)20(8-9-20)15-4-2-1-3-5-15/h1-7,14,19,25,27H,8-13H2. The zero-order chi connectivity index (χ0) is 19.8. The SMILES string of the molecule is OC(Nc1cc(C(F)(F)F)ccc1N1CCOCC1)C1(c2ccccc2)CC1. The largest absolute Gasteiger partial charge is 0.416 e. The molecule has 150 valence electrons. The van der Waals surface area contributed by atoms with E-state index in [0.717, 1.165) is 30.5 Å². The number of aliphatic hydroxyl groups excluding tert-OH is 1. The number of morpholine rings is 1. The van der Waals surface area contributed by atoms with Gasteiger partial charge in [-0.1, -0.05) is 30.3 Å². The van der Waals surface area contributed by atoms with Crippen LogP contribution in [0.5, 0.6) is 0 Å². The number of alkyl halides is 3. The molecule has 1 atom stereocenters. The maximum Gasteiger partial charge on any atom is 0.416 e. The van der Waals surface area contributed by atoms with Crippen LogP contribution in [0, 0.1) is 0 Å². The predicted octanol–water partition coefficient (Wildman–Crippen LogP) is 4.00. The maximum atomic E-state index is 13.3. The molecular formula is C21H23F3N2O2. The van der Waals surface area contributed by atoms with E-state index in [1.54, 1.807) is 0 Å². The quantitative estimate of drug-likeness (QED) is 0.755. The van der Waals surface area contributed by atoms with Crippen molar-refractivity contribution < 1.29 is 23.0 Å². The van der Waals surface area contributed by atoms with Crippen LogP contribution in [0.1, 0.15) is 24.0 Å². The van der Waals surface area contributed by atoms with E-state index >= 15 is 0 Å². The van der Waals surface area contributed by atoms with Crippen molar-refractivity contribution in [2.45, 2.75) is 30.7 Å². The lowest BCUT2D eigenvalue weighted by atomic mass is 9.93. The average molecular weight is 392 g/mol. The number of ether oxygens (including phenoxy) is 1. The molecule has 1 saturated heterocycles. The van der Waals surface area contributed by atoms with Gasteiger partial charge in [-0.2, -0.15) is 13.2 Å². The average Bonchev–Trinajstić information content (AvgIpc) is 3.51. The van der Waals surface area contributed by atoms with E-state index in [1.165, 1.54) is 6.07 Å². The highest BCUT2D eigenvalue weighted by atomic mass is 19.4. The minimum atomic E-state index is -4.44. The van der Waals surface area contributed by atoms with Crippen molar-refractivity contribution in [1.29, 1.82) is 0 Å². The van der Waals surface area contributed by atoms with Crippen LogP contribution >= 0.6 is 0 Å². The number of hydrogen-bond donors (Lipinski definition) is 2. The van der Waals surface area contributed by atoms with Gasteiger partial charge < -0.3 is 20.1 Å². The van der Waals surface area contributed by atoms with E-state index in [9.17, 15) is 18.3 Å². The topological polar surface area (TPSA) is 44.7 Å². The van der Waals surface area contributed by atoms with Crippen LogP contribution in [-0.2, 0) is 16.3 Å². The molecule has 7 heteroatoms. The number of aliphatic hydroxyl groups is 1. The van der Waals surface area contributed by atoms with Crippen molar-refractivity contribution >= 4 is 11.4 Å². The molecule has 0 aromatic heterocycles. The third-order valence-electron chi connectivity index (χ3n) is 5.63. The van der Waals surface area contributed by atoms with Crippen molar-refractivity contribution in [2.75, 3.05) is 36.5 Å². The van der Waals surface area contributed by atoms with Gasteiger partial charge in [0.15, 0.2) is 0 Å². The first-order chi connectivity index (χ1) is 13.4. The third kappa shape index (κ3) is 3.69. The Kier molecular flexibility index (Phi) is 4.97. The molecule has 2 N–H and O–H groups in total. The molecule has 1 heterocycles. The summed E-state index contributed by atoms with van der Waals surface area (Å²) in [5, 5.41) is 13.9. The van der Waals surface area contributed by atoms with Crippen molar-refractivity contribution in [1.82, 2.24) is 0 Å². The molecule has 2 aromatic rings. The fraction of sp³-hybridized carbons (Fsp3) is 0.429. The van der Waals surface area contributed by atoms with Gasteiger partial charge >= 0.3 is 6.18 Å². The highest BCUT2D eigenvalue weighted by Crippen LogP contribution is 2.51. The molecule has 4 rings (SSSR count). The van der Waals surface area contributed by atoms with Gasteiger partial charge in [0.25, 0.3) is 0 Å². The summed E-state index contributed by atoms with van der Waals surface area (Å²) < 4.78 is 45.2. The first-order valence-corrected chi connectivity index (χ1v) is 9.44. The summed E-state index contributed by atoms with van der Waals surface area (Å²) in [5.74, 6) is 0. The molecule has 2 fully saturated rings. The summed E-state index contributed by atoms with van der Waals surface area (Å²) in [5.41, 5.74) is 0.752. The molecule has 1 unspecified atom stereocenters. The molecule has 0 bridgehead atoms. The van der Waals surface area contributed by atoms with Gasteiger partial charge in [-0.05, 0) is 36.6 Å². The van der Waals surface area contributed by atoms with Crippen LogP contribution in [0.2, 0.25) is 0 Å². The normalized spacial score (nSPS) is 19.9. The number of halogens is 3. The van der Waals surface area contributed by atoms with E-state index in [4.69, 9.17) is 4.74 Å². The lowest BCUT2D eigenvalue weighted by Crippen LogP contribution is -2.38. The molecule has 2 aromatic carbocycles. The lowest BCUT2D eigenvalue weighted by molar-refractivity contribution is -0.137. The van der Waals surface area contributed by atoms with E-state index in [2.05, 4.69) is 5.32 Å². The monoisotopic (exact) mass is 392 g/mol. The van der Waals surface area contributed by atoms with Crippen LogP contribution in [0.15, 0.2) is 48.5 Å². The maximum absolute atomic E-state index is 13.3. The molecule has 0 spiro atoms. The Morgan fingerprint density at radius 1 is 1.04 bits per heavy atom. The van der Waals surface area contributed by atoms with Gasteiger partial charge in [-0.25, -0.2) is 0 Å². The molecule has 0 amide bonds. The summed E-state index contributed by atoms with van der Waals surface area (Å²) in [4.78, 5) is 1.99. The van der Waals surface area contributed by atoms with Gasteiger partial charge in [0, 0.05) is 18.5 Å². The second kappa shape index (κ2) is 7.29. The Hall–Kier alpha value is -2.25. The number of hydrogen-bond acceptors (Lipinski definition) is 4. The van der Waals surface area contributed by atoms with Crippen molar-refractivity contribution in [2.24, 2.45) is 0 Å². The van der Waals surface area contributed by atoms with Crippen LogP contribution in [0.4, 0.5) is 24.5 Å². The van der Waals surface area contributed by atoms with Crippen LogP contribution in [-0.4, -0.2) is 37.6 Å². The fourth-order valence-electron chi connectivity index (χ4n) is 3.82. The lowest BCUT2D eigenvalue weighted by Gasteiger charge is -2.33. The number of rotatable bonds is 5. The van der Waals surface area contributed by atoms with Crippen molar-refractivity contribution in [3.63, 3.8) is 0 Å². The summed E-state index contributed by atoms with van der Waals surface area (Å²) in [6.07, 6.45) is -3.84. The van der Waals surface area contributed by atoms with Crippen molar-refractivity contribution in [3.05, 3.63) is 59.7 Å². The summed E-state index contributed by atoms with van der Waals surface area (Å²) in [6.45, 7) is 2.24. The molecule has 1 aliphatic heterocycles. The molecule has 2 aliphatic rings. The number of nitrogens with zero attached hydrogens (tertiary/aromatic N) is 1. The number of nitrogens with one attached hydrogen (secondary N) is 1. The summed E-state index contributed by atoms with van der Waals surface area (Å²) in [7, 11) is 0. The summed E-state index contributed by atoms with van der Waals surface area (Å²) in [6, 6.07) is 13.3. The van der Waals surface area contributed by atoms with Gasteiger partial charge in [0.05, 0.1) is 30.2 Å².